The summed E-state index contributed by atoms with van der Waals surface area (Å²) in [5.41, 5.74) is 19.9. The molecule has 1 heterocycles. The Hall–Kier alpha value is -7.64. The summed E-state index contributed by atoms with van der Waals surface area (Å²) in [6, 6.07) is 38.0. The van der Waals surface area contributed by atoms with Crippen molar-refractivity contribution >= 4 is 36.1 Å². The van der Waals surface area contributed by atoms with Crippen molar-refractivity contribution in [2.75, 3.05) is 199 Å². The van der Waals surface area contributed by atoms with E-state index in [2.05, 4.69) is 142 Å². The van der Waals surface area contributed by atoms with E-state index in [1.165, 1.54) is 55.6 Å². The van der Waals surface area contributed by atoms with Crippen LogP contribution in [0.4, 0.5) is 0 Å². The first-order chi connectivity index (χ1) is 56.3. The lowest BCUT2D eigenvalue weighted by atomic mass is 9.70. The van der Waals surface area contributed by atoms with Gasteiger partial charge in [0.1, 0.15) is 5.75 Å². The number of nitrogens with zero attached hydrogens (tertiary/aromatic N) is 1. The van der Waals surface area contributed by atoms with E-state index in [1.54, 1.807) is 32.4 Å². The molecule has 24 nitrogen and oxygen atoms in total. The normalized spacial score (nSPS) is 13.4. The van der Waals surface area contributed by atoms with Gasteiger partial charge in [-0.1, -0.05) is 110 Å². The largest absolute Gasteiger partial charge is 0.494 e. The highest BCUT2D eigenvalue weighted by molar-refractivity contribution is 7.45. The molecule has 1 fully saturated rings. The van der Waals surface area contributed by atoms with Crippen molar-refractivity contribution in [1.29, 1.82) is 4.78 Å². The molecule has 0 radical (unpaired) electrons. The molecule has 4 N–H and O–H groups in total. The van der Waals surface area contributed by atoms with Crippen LogP contribution < -0.4 is 15.8 Å². The maximum atomic E-state index is 12.4. The first kappa shape index (κ1) is 102. The molecule has 0 spiro atoms. The summed E-state index contributed by atoms with van der Waals surface area (Å²) in [4.78, 5) is 52.8. The van der Waals surface area contributed by atoms with Crippen LogP contribution in [0.5, 0.6) is 5.75 Å². The van der Waals surface area contributed by atoms with Crippen molar-refractivity contribution in [2.45, 2.75) is 116 Å². The third kappa shape index (κ3) is 41.9. The van der Waals surface area contributed by atoms with Gasteiger partial charge in [0.2, 0.25) is 5.91 Å². The number of imide groups is 1. The molecule has 3 aliphatic rings. The van der Waals surface area contributed by atoms with Crippen molar-refractivity contribution < 1.29 is 95.1 Å². The maximum Gasteiger partial charge on any atom is 0.333 e. The molecule has 3 amide bonds. The summed E-state index contributed by atoms with van der Waals surface area (Å²) in [7, 11) is 3.34. The number of amides is 3. The fourth-order valence-electron chi connectivity index (χ4n) is 12.0. The van der Waals surface area contributed by atoms with Gasteiger partial charge in [0.25, 0.3) is 11.8 Å². The summed E-state index contributed by atoms with van der Waals surface area (Å²) in [6.07, 6.45) is 13.5. The molecule has 2 aliphatic carbocycles. The van der Waals surface area contributed by atoms with Crippen LogP contribution in [-0.4, -0.2) is 234 Å². The van der Waals surface area contributed by atoms with Crippen molar-refractivity contribution in [3.8, 4) is 50.3 Å². The van der Waals surface area contributed by atoms with Crippen LogP contribution in [0.25, 0.3) is 44.5 Å². The molecule has 0 bridgehead atoms. The van der Waals surface area contributed by atoms with Gasteiger partial charge < -0.3 is 86.9 Å². The van der Waals surface area contributed by atoms with Crippen LogP contribution in [0.3, 0.4) is 0 Å². The third-order valence-corrected chi connectivity index (χ3v) is 17.6. The minimum atomic E-state index is -0.804. The number of hydrogen-bond acceptors (Lipinski definition) is 23. The van der Waals surface area contributed by atoms with Gasteiger partial charge >= 0.3 is 5.97 Å². The van der Waals surface area contributed by atoms with Gasteiger partial charge in [-0.3, -0.25) is 14.4 Å². The van der Waals surface area contributed by atoms with Crippen molar-refractivity contribution in [3.05, 3.63) is 176 Å². The Bertz CT molecular complexity index is 3450. The monoisotopic (exact) mass is 1620 g/mol. The number of hydrogen-bond donors (Lipinski definition) is 3. The minimum Gasteiger partial charge on any atom is -0.494 e. The highest BCUT2D eigenvalue weighted by Crippen LogP contribution is 2.56. The van der Waals surface area contributed by atoms with E-state index < -0.39 is 17.8 Å². The molecule has 8 rings (SSSR count). The second kappa shape index (κ2) is 66.4. The predicted molar refractivity (Wildman–Crippen MR) is 454 cm³/mol. The molecule has 0 saturated carbocycles. The lowest BCUT2D eigenvalue weighted by molar-refractivity contribution is -0.197. The molecule has 5 aromatic rings. The van der Waals surface area contributed by atoms with Crippen LogP contribution in [0.15, 0.2) is 154 Å². The number of unbranched alkanes of at least 4 members (excludes halogenated alkanes) is 1. The summed E-state index contributed by atoms with van der Waals surface area (Å²) < 4.78 is 90.0. The average molecular weight is 1620 g/mol. The molecule has 115 heavy (non-hydrogen) atoms. The van der Waals surface area contributed by atoms with Crippen molar-refractivity contribution in [2.24, 2.45) is 5.73 Å². The number of carbonyl (C=O) groups excluding carboxylic acids is 4. The van der Waals surface area contributed by atoms with Crippen LogP contribution in [0.2, 0.25) is 0 Å². The summed E-state index contributed by atoms with van der Waals surface area (Å²) in [5, 5.41) is 3.29. The van der Waals surface area contributed by atoms with Gasteiger partial charge in [0.15, 0.2) is 0 Å². The molecule has 1 saturated heterocycles. The topological polar surface area (TPSA) is 281 Å². The molecule has 0 aromatic heterocycles. The predicted octanol–water partition coefficient (Wildman–Crippen LogP) is 14.4. The highest BCUT2D eigenvalue weighted by Gasteiger charge is 2.43. The average Bonchev–Trinajstić information content (AvgIpc) is 1.56. The van der Waals surface area contributed by atoms with Crippen LogP contribution >= 0.6 is 0 Å². The summed E-state index contributed by atoms with van der Waals surface area (Å²) >= 11 is 3.33. The number of nitrogens with two attached hydrogens (primary N) is 1. The first-order valence-corrected chi connectivity index (χ1v) is 40.5. The number of ether oxygens (including phenoxy) is 15. The number of allylic oxidation sites excluding steroid dienone is 3. The van der Waals surface area contributed by atoms with E-state index in [1.807, 2.05) is 39.0 Å². The molecular weight excluding hydrogens is 1490 g/mol. The minimum absolute atomic E-state index is 0.00830. The van der Waals surface area contributed by atoms with Crippen molar-refractivity contribution in [1.82, 2.24) is 10.4 Å². The zero-order chi connectivity index (χ0) is 83.6. The van der Waals surface area contributed by atoms with E-state index in [0.29, 0.717) is 203 Å². The van der Waals surface area contributed by atoms with E-state index >= 15 is 0 Å². The second-order valence-corrected chi connectivity index (χ2v) is 26.4. The quantitative estimate of drug-likeness (QED) is 0.0182. The fraction of sp³-hybridized carbons (Fsp3) is 0.533. The van der Waals surface area contributed by atoms with E-state index in [4.69, 9.17) is 86.4 Å². The van der Waals surface area contributed by atoms with Gasteiger partial charge in [-0.15, -0.1) is 31.4 Å². The number of carbonyl (C=O) groups is 4. The lowest BCUT2D eigenvalue weighted by Crippen LogP contribution is -2.32. The lowest BCUT2D eigenvalue weighted by Gasteiger charge is -2.33. The molecule has 1 aliphatic heterocycles. The molecule has 25 heteroatoms. The zero-order valence-electron chi connectivity index (χ0n) is 69.4. The number of methoxy groups -OCH3 is 2. The molecule has 2 atom stereocenters. The number of nitrogens with one attached hydrogen (secondary N) is 2. The molecular formula is C90H132N4O20S. The number of rotatable bonds is 58. The molecule has 2 unspecified atom stereocenters. The van der Waals surface area contributed by atoms with Gasteiger partial charge in [-0.2, -0.15) is 0 Å². The smallest absolute Gasteiger partial charge is 0.333 e. The third-order valence-electron chi connectivity index (χ3n) is 17.6. The van der Waals surface area contributed by atoms with Crippen molar-refractivity contribution in [3.63, 3.8) is 0 Å². The molecule has 5 aromatic carbocycles. The Morgan fingerprint density at radius 3 is 1.24 bits per heavy atom. The summed E-state index contributed by atoms with van der Waals surface area (Å²) in [5.74, 6) is -1.50. The standard InChI is InChI=1S/C76H102N2O20.C4H9N.C4H8.2C3H6.HNS/c1-83-31-33-85-28-7-25-76(26-8-29-86-35-36-88-39-40-90-43-44-92-47-48-94-51-52-96-54-53-95-50-49-93-46-45-91-42-41-89-38-37-87-34-32-84-2)70-57-61(14-19-68(70)69-20-15-62(58-71(69)76)60-13-18-67-64(55-60)56-63-9-3-4-10-66(63)67)59-11-16-65(17-12-59)97-30-6-5-27-77-72(79)21-24-75(82)98-78-73(80)22-23-74(78)81;1-3-4(2)5;1-3-4-2;2*1-3-2;1-2/h3-4,9-20,55,57-58H,5-8,21-54,56H2,1-2H3,(H,77,79);3-4H,1,5H2,2H3;3H,1,4H2,2H3;2*3H,1H2,2H3;1H. The van der Waals surface area contributed by atoms with Gasteiger partial charge in [-0.05, 0) is 163 Å². The van der Waals surface area contributed by atoms with Crippen LogP contribution in [-0.2, 0) is 115 Å². The molecule has 638 valence electrons. The Balaban J connectivity index is 0.00000184. The highest BCUT2D eigenvalue weighted by atomic mass is 32.1. The van der Waals surface area contributed by atoms with Crippen LogP contribution in [0, 0.1) is 4.78 Å². The Morgan fingerprint density at radius 2 is 0.843 bits per heavy atom. The van der Waals surface area contributed by atoms with Gasteiger partial charge in [0.05, 0.1) is 172 Å². The van der Waals surface area contributed by atoms with Crippen LogP contribution in [0.1, 0.15) is 121 Å². The maximum absolute atomic E-state index is 12.4. The number of benzene rings is 5. The van der Waals surface area contributed by atoms with Gasteiger partial charge in [0, 0.05) is 77.1 Å². The Kier molecular flexibility index (Phi) is 58.6. The Morgan fingerprint density at radius 1 is 0.487 bits per heavy atom. The SMILES string of the molecule is C=CC.C=CC.C=CC(C)N.C=CCC.COCCOCCCC1(CCCOCCOCCOCCOCCOCCOCCOCCOCCOCCOCCOCCOC)c2cc(-c3ccc(OCCCCNC(=O)CCC(=O)ON4C(=O)CCC4=O)cc3)ccc2-c2ccc(-c3ccc4c(c3)Cc3ccccc3-4)cc21.N=S. The van der Waals surface area contributed by atoms with Gasteiger partial charge in [-0.25, -0.2) is 9.57 Å². The second-order valence-electron chi connectivity index (χ2n) is 26.4. The zero-order valence-corrected chi connectivity index (χ0v) is 70.2. The Labute approximate surface area is 690 Å². The van der Waals surface area contributed by atoms with E-state index in [9.17, 15) is 19.2 Å². The first-order valence-electron chi connectivity index (χ1n) is 40.1. The fourth-order valence-corrected chi connectivity index (χ4v) is 12.0. The number of fused-ring (bicyclic) bond motifs is 6. The number of hydroxylamine groups is 2. The van der Waals surface area contributed by atoms with E-state index in [0.717, 1.165) is 55.4 Å². The summed E-state index contributed by atoms with van der Waals surface area (Å²) in [6.45, 7) is 35.3. The van der Waals surface area contributed by atoms with E-state index in [-0.39, 0.29) is 43.0 Å².